The molecular formula is C19H34N2O. The van der Waals surface area contributed by atoms with Crippen molar-refractivity contribution in [3.05, 3.63) is 0 Å². The third kappa shape index (κ3) is 3.06. The topological polar surface area (TPSA) is 46.3 Å². The average Bonchev–Trinajstić information content (AvgIpc) is 2.48. The van der Waals surface area contributed by atoms with Crippen molar-refractivity contribution in [1.29, 1.82) is 0 Å². The maximum Gasteiger partial charge on any atom is 0.225 e. The second kappa shape index (κ2) is 6.90. The summed E-state index contributed by atoms with van der Waals surface area (Å²) in [7, 11) is 0. The van der Waals surface area contributed by atoms with Gasteiger partial charge in [-0.3, -0.25) is 4.79 Å². The van der Waals surface area contributed by atoms with Crippen LogP contribution >= 0.6 is 0 Å². The van der Waals surface area contributed by atoms with Crippen LogP contribution in [0.2, 0.25) is 0 Å². The molecule has 126 valence electrons. The first kappa shape index (κ1) is 16.3. The van der Waals surface area contributed by atoms with E-state index in [4.69, 9.17) is 5.73 Å². The number of piperidine rings is 1. The lowest BCUT2D eigenvalue weighted by Gasteiger charge is -2.47. The summed E-state index contributed by atoms with van der Waals surface area (Å²) in [6.07, 6.45) is 10.8. The highest BCUT2D eigenvalue weighted by Gasteiger charge is 2.43. The van der Waals surface area contributed by atoms with Crippen LogP contribution in [0.1, 0.15) is 71.6 Å². The molecule has 1 saturated heterocycles. The highest BCUT2D eigenvalue weighted by atomic mass is 16.2. The molecule has 0 aromatic carbocycles. The molecule has 3 aliphatic rings. The third-order valence-electron chi connectivity index (χ3n) is 6.75. The Labute approximate surface area is 136 Å². The van der Waals surface area contributed by atoms with Crippen molar-refractivity contribution in [2.24, 2.45) is 29.4 Å². The van der Waals surface area contributed by atoms with Gasteiger partial charge < -0.3 is 10.6 Å². The Balaban J connectivity index is 1.69. The number of rotatable bonds is 3. The summed E-state index contributed by atoms with van der Waals surface area (Å²) >= 11 is 0. The molecule has 3 nitrogen and oxygen atoms in total. The number of amides is 1. The fourth-order valence-corrected chi connectivity index (χ4v) is 5.48. The van der Waals surface area contributed by atoms with Crippen LogP contribution in [0, 0.1) is 23.7 Å². The van der Waals surface area contributed by atoms with Gasteiger partial charge in [-0.2, -0.15) is 0 Å². The fourth-order valence-electron chi connectivity index (χ4n) is 5.48. The van der Waals surface area contributed by atoms with Gasteiger partial charge in [-0.15, -0.1) is 0 Å². The molecule has 0 aromatic heterocycles. The summed E-state index contributed by atoms with van der Waals surface area (Å²) in [5, 5.41) is 0. The maximum absolute atomic E-state index is 13.2. The molecule has 1 heterocycles. The third-order valence-corrected chi connectivity index (χ3v) is 6.75. The van der Waals surface area contributed by atoms with Gasteiger partial charge in [0, 0.05) is 24.5 Å². The minimum Gasteiger partial charge on any atom is -0.339 e. The second-order valence-electron chi connectivity index (χ2n) is 8.20. The van der Waals surface area contributed by atoms with Gasteiger partial charge in [0.2, 0.25) is 5.91 Å². The summed E-state index contributed by atoms with van der Waals surface area (Å²) in [5.74, 6) is 2.61. The van der Waals surface area contributed by atoms with Gasteiger partial charge in [-0.25, -0.2) is 0 Å². The van der Waals surface area contributed by atoms with Gasteiger partial charge in [0.15, 0.2) is 0 Å². The average molecular weight is 306 g/mol. The molecule has 22 heavy (non-hydrogen) atoms. The molecule has 1 aliphatic heterocycles. The molecule has 2 N–H and O–H groups in total. The van der Waals surface area contributed by atoms with E-state index >= 15 is 0 Å². The molecule has 3 fully saturated rings. The van der Waals surface area contributed by atoms with Crippen LogP contribution in [0.4, 0.5) is 0 Å². The van der Waals surface area contributed by atoms with E-state index in [1.807, 2.05) is 0 Å². The van der Waals surface area contributed by atoms with Crippen LogP contribution in [0.25, 0.3) is 0 Å². The second-order valence-corrected chi connectivity index (χ2v) is 8.20. The van der Waals surface area contributed by atoms with Crippen molar-refractivity contribution in [3.63, 3.8) is 0 Å². The normalized spacial score (nSPS) is 42.2. The lowest BCUT2D eigenvalue weighted by molar-refractivity contribution is -0.144. The van der Waals surface area contributed by atoms with Gasteiger partial charge in [-0.05, 0) is 62.7 Å². The van der Waals surface area contributed by atoms with Crippen molar-refractivity contribution in [2.75, 3.05) is 6.54 Å². The number of hydrogen-bond acceptors (Lipinski definition) is 2. The molecular weight excluding hydrogens is 272 g/mol. The van der Waals surface area contributed by atoms with Crippen molar-refractivity contribution in [2.45, 2.75) is 83.7 Å². The van der Waals surface area contributed by atoms with Crippen LogP contribution in [-0.2, 0) is 4.79 Å². The predicted molar refractivity (Wildman–Crippen MR) is 90.3 cm³/mol. The van der Waals surface area contributed by atoms with Crippen molar-refractivity contribution < 1.29 is 4.79 Å². The largest absolute Gasteiger partial charge is 0.339 e. The molecule has 2 saturated carbocycles. The van der Waals surface area contributed by atoms with Gasteiger partial charge in [0.05, 0.1) is 0 Å². The van der Waals surface area contributed by atoms with E-state index < -0.39 is 0 Å². The lowest BCUT2D eigenvalue weighted by atomic mass is 9.64. The SMILES string of the molecule is CCCC1C(C)CCCN1C(=O)C1CC2CCCC(C1)C2N. The number of carbonyl (C=O) groups excluding carboxylic acids is 1. The monoisotopic (exact) mass is 306 g/mol. The van der Waals surface area contributed by atoms with Crippen LogP contribution in [0.5, 0.6) is 0 Å². The molecule has 0 aromatic rings. The summed E-state index contributed by atoms with van der Waals surface area (Å²) in [5.41, 5.74) is 6.40. The number of nitrogens with two attached hydrogens (primary N) is 1. The molecule has 0 spiro atoms. The van der Waals surface area contributed by atoms with E-state index in [0.717, 1.165) is 19.4 Å². The first-order chi connectivity index (χ1) is 10.6. The molecule has 4 unspecified atom stereocenters. The van der Waals surface area contributed by atoms with E-state index in [9.17, 15) is 4.79 Å². The van der Waals surface area contributed by atoms with E-state index in [0.29, 0.717) is 35.7 Å². The zero-order valence-electron chi connectivity index (χ0n) is 14.5. The van der Waals surface area contributed by atoms with Crippen molar-refractivity contribution in [3.8, 4) is 0 Å². The van der Waals surface area contributed by atoms with Gasteiger partial charge in [-0.1, -0.05) is 26.7 Å². The first-order valence-corrected chi connectivity index (χ1v) is 9.67. The zero-order chi connectivity index (χ0) is 15.7. The molecule has 2 bridgehead atoms. The number of nitrogens with zero attached hydrogens (tertiary/aromatic N) is 1. The Morgan fingerprint density at radius 2 is 1.82 bits per heavy atom. The summed E-state index contributed by atoms with van der Waals surface area (Å²) in [6.45, 7) is 5.57. The van der Waals surface area contributed by atoms with Gasteiger partial charge in [0.25, 0.3) is 0 Å². The first-order valence-electron chi connectivity index (χ1n) is 9.67. The van der Waals surface area contributed by atoms with E-state index in [1.165, 1.54) is 44.9 Å². The molecule has 0 radical (unpaired) electrons. The van der Waals surface area contributed by atoms with Crippen molar-refractivity contribution in [1.82, 2.24) is 4.90 Å². The standard InChI is InChI=1S/C19H34N2O/c1-3-6-17-13(2)7-5-10-21(17)19(22)16-11-14-8-4-9-15(12-16)18(14)20/h13-18H,3-12,20H2,1-2H3. The zero-order valence-corrected chi connectivity index (χ0v) is 14.5. The van der Waals surface area contributed by atoms with Crippen LogP contribution < -0.4 is 5.73 Å². The Morgan fingerprint density at radius 1 is 1.14 bits per heavy atom. The smallest absolute Gasteiger partial charge is 0.225 e. The van der Waals surface area contributed by atoms with E-state index in [-0.39, 0.29) is 5.92 Å². The highest BCUT2D eigenvalue weighted by Crippen LogP contribution is 2.43. The summed E-state index contributed by atoms with van der Waals surface area (Å²) in [4.78, 5) is 15.5. The number of carbonyl (C=O) groups is 1. The van der Waals surface area contributed by atoms with E-state index in [2.05, 4.69) is 18.7 Å². The van der Waals surface area contributed by atoms with Gasteiger partial charge in [0.1, 0.15) is 0 Å². The fraction of sp³-hybridized carbons (Fsp3) is 0.947. The highest BCUT2D eigenvalue weighted by molar-refractivity contribution is 5.79. The minimum absolute atomic E-state index is 0.264. The minimum atomic E-state index is 0.264. The van der Waals surface area contributed by atoms with Gasteiger partial charge >= 0.3 is 0 Å². The Hall–Kier alpha value is -0.570. The predicted octanol–water partition coefficient (Wildman–Crippen LogP) is 3.57. The summed E-state index contributed by atoms with van der Waals surface area (Å²) in [6, 6.07) is 0.853. The summed E-state index contributed by atoms with van der Waals surface area (Å²) < 4.78 is 0. The number of hydrogen-bond donors (Lipinski definition) is 1. The molecule has 4 atom stereocenters. The van der Waals surface area contributed by atoms with Crippen LogP contribution in [0.3, 0.4) is 0 Å². The number of likely N-dealkylation sites (tertiary alicyclic amines) is 1. The molecule has 3 heteroatoms. The van der Waals surface area contributed by atoms with Crippen LogP contribution in [-0.4, -0.2) is 29.4 Å². The lowest BCUT2D eigenvalue weighted by Crippen LogP contribution is -2.53. The molecule has 3 rings (SSSR count). The maximum atomic E-state index is 13.2. The Morgan fingerprint density at radius 3 is 2.45 bits per heavy atom. The number of fused-ring (bicyclic) bond motifs is 2. The molecule has 1 amide bonds. The van der Waals surface area contributed by atoms with E-state index in [1.54, 1.807) is 0 Å². The quantitative estimate of drug-likeness (QED) is 0.866. The molecule has 2 aliphatic carbocycles. The van der Waals surface area contributed by atoms with Crippen LogP contribution in [0.15, 0.2) is 0 Å². The van der Waals surface area contributed by atoms with Crippen molar-refractivity contribution >= 4 is 5.91 Å². The Kier molecular flexibility index (Phi) is 5.11. The Bertz CT molecular complexity index is 383.